The molecule has 0 saturated heterocycles. The van der Waals surface area contributed by atoms with Gasteiger partial charge in [-0.2, -0.15) is 0 Å². The molecule has 0 aromatic rings. The minimum absolute atomic E-state index is 0.897. The lowest BCUT2D eigenvalue weighted by molar-refractivity contribution is 0.134. The topological polar surface area (TPSA) is 0 Å². The SMILES string of the molecule is CC(C)C(CC(C)C1CCCCC1)C1CCCCC1. The second-order valence-corrected chi connectivity index (χ2v) is 7.92. The van der Waals surface area contributed by atoms with Crippen LogP contribution >= 0.6 is 0 Å². The van der Waals surface area contributed by atoms with Crippen LogP contribution < -0.4 is 0 Å². The first-order valence-electron chi connectivity index (χ1n) is 9.18. The van der Waals surface area contributed by atoms with Crippen molar-refractivity contribution in [1.29, 1.82) is 0 Å². The zero-order valence-corrected chi connectivity index (χ0v) is 13.7. The monoisotopic (exact) mass is 264 g/mol. The molecule has 0 aromatic heterocycles. The molecule has 19 heavy (non-hydrogen) atoms. The van der Waals surface area contributed by atoms with Gasteiger partial charge >= 0.3 is 0 Å². The van der Waals surface area contributed by atoms with Gasteiger partial charge in [-0.3, -0.25) is 0 Å². The first-order chi connectivity index (χ1) is 9.18. The summed E-state index contributed by atoms with van der Waals surface area (Å²) in [7, 11) is 0. The van der Waals surface area contributed by atoms with Gasteiger partial charge in [0.2, 0.25) is 0 Å². The highest BCUT2D eigenvalue weighted by Crippen LogP contribution is 2.41. The van der Waals surface area contributed by atoms with Gasteiger partial charge < -0.3 is 0 Å². The first kappa shape index (κ1) is 15.4. The molecule has 2 rings (SSSR count). The molecule has 0 N–H and O–H groups in total. The lowest BCUT2D eigenvalue weighted by atomic mass is 9.68. The van der Waals surface area contributed by atoms with Crippen molar-refractivity contribution in [3.63, 3.8) is 0 Å². The van der Waals surface area contributed by atoms with E-state index in [4.69, 9.17) is 0 Å². The molecule has 2 aliphatic rings. The van der Waals surface area contributed by atoms with Crippen LogP contribution in [0.3, 0.4) is 0 Å². The number of rotatable bonds is 5. The second kappa shape index (κ2) is 7.70. The summed E-state index contributed by atoms with van der Waals surface area (Å²) in [5.41, 5.74) is 0. The van der Waals surface area contributed by atoms with Crippen LogP contribution in [0.1, 0.15) is 91.4 Å². The van der Waals surface area contributed by atoms with Crippen molar-refractivity contribution in [3.05, 3.63) is 0 Å². The van der Waals surface area contributed by atoms with Crippen molar-refractivity contribution in [2.75, 3.05) is 0 Å². The standard InChI is InChI=1S/C19H36/c1-15(2)19(18-12-8-5-9-13-18)14-16(3)17-10-6-4-7-11-17/h15-19H,4-14H2,1-3H3. The van der Waals surface area contributed by atoms with Gasteiger partial charge in [-0.1, -0.05) is 85.0 Å². The van der Waals surface area contributed by atoms with E-state index in [0.29, 0.717) is 0 Å². The zero-order valence-electron chi connectivity index (χ0n) is 13.7. The summed E-state index contributed by atoms with van der Waals surface area (Å²) in [6.45, 7) is 7.52. The van der Waals surface area contributed by atoms with E-state index in [0.717, 1.165) is 29.6 Å². The van der Waals surface area contributed by atoms with Crippen LogP contribution in [0.4, 0.5) is 0 Å². The van der Waals surface area contributed by atoms with Crippen LogP contribution in [0.25, 0.3) is 0 Å². The van der Waals surface area contributed by atoms with Crippen molar-refractivity contribution >= 4 is 0 Å². The van der Waals surface area contributed by atoms with E-state index >= 15 is 0 Å². The largest absolute Gasteiger partial charge is 0.0625 e. The highest BCUT2D eigenvalue weighted by molar-refractivity contribution is 4.80. The molecule has 0 heterocycles. The summed E-state index contributed by atoms with van der Waals surface area (Å²) < 4.78 is 0. The van der Waals surface area contributed by atoms with Crippen LogP contribution in [-0.2, 0) is 0 Å². The molecule has 0 aliphatic heterocycles. The molecule has 2 saturated carbocycles. The van der Waals surface area contributed by atoms with Crippen molar-refractivity contribution in [2.45, 2.75) is 91.4 Å². The molecular formula is C19H36. The van der Waals surface area contributed by atoms with Crippen LogP contribution in [0, 0.1) is 29.6 Å². The smallest absolute Gasteiger partial charge is 0.0360 e. The van der Waals surface area contributed by atoms with E-state index < -0.39 is 0 Å². The maximum atomic E-state index is 2.56. The van der Waals surface area contributed by atoms with E-state index in [1.54, 1.807) is 0 Å². The summed E-state index contributed by atoms with van der Waals surface area (Å²) in [5.74, 6) is 5.00. The molecule has 2 unspecified atom stereocenters. The normalized spacial score (nSPS) is 26.5. The Kier molecular flexibility index (Phi) is 6.23. The molecule has 0 heteroatoms. The van der Waals surface area contributed by atoms with Crippen LogP contribution in [0.2, 0.25) is 0 Å². The quantitative estimate of drug-likeness (QED) is 0.535. The average Bonchev–Trinajstić information content (AvgIpc) is 2.46. The van der Waals surface area contributed by atoms with E-state index in [1.807, 2.05) is 0 Å². The molecular weight excluding hydrogens is 228 g/mol. The van der Waals surface area contributed by atoms with Gasteiger partial charge in [0.1, 0.15) is 0 Å². The molecule has 0 aromatic carbocycles. The van der Waals surface area contributed by atoms with Gasteiger partial charge in [-0.05, 0) is 36.0 Å². The first-order valence-corrected chi connectivity index (χ1v) is 9.18. The molecule has 2 aliphatic carbocycles. The fourth-order valence-electron chi connectivity index (χ4n) is 4.90. The maximum absolute atomic E-state index is 2.56. The molecule has 2 atom stereocenters. The summed E-state index contributed by atoms with van der Waals surface area (Å²) in [6.07, 6.45) is 16.6. The van der Waals surface area contributed by atoms with Gasteiger partial charge in [0, 0.05) is 0 Å². The van der Waals surface area contributed by atoms with Crippen LogP contribution in [-0.4, -0.2) is 0 Å². The van der Waals surface area contributed by atoms with Gasteiger partial charge in [0.15, 0.2) is 0 Å². The zero-order chi connectivity index (χ0) is 13.7. The highest BCUT2D eigenvalue weighted by atomic mass is 14.4. The third-order valence-corrected chi connectivity index (χ3v) is 6.21. The third-order valence-electron chi connectivity index (χ3n) is 6.21. The fourth-order valence-corrected chi connectivity index (χ4v) is 4.90. The second-order valence-electron chi connectivity index (χ2n) is 7.92. The molecule has 0 radical (unpaired) electrons. The van der Waals surface area contributed by atoms with Gasteiger partial charge in [-0.25, -0.2) is 0 Å². The Hall–Kier alpha value is 0. The van der Waals surface area contributed by atoms with Crippen LogP contribution in [0.15, 0.2) is 0 Å². The Labute approximate surface area is 121 Å². The Morgan fingerprint density at radius 3 is 1.63 bits per heavy atom. The van der Waals surface area contributed by atoms with Crippen LogP contribution in [0.5, 0.6) is 0 Å². The van der Waals surface area contributed by atoms with Crippen molar-refractivity contribution in [2.24, 2.45) is 29.6 Å². The molecule has 112 valence electrons. The van der Waals surface area contributed by atoms with Gasteiger partial charge in [0.25, 0.3) is 0 Å². The van der Waals surface area contributed by atoms with Crippen molar-refractivity contribution in [1.82, 2.24) is 0 Å². The Balaban J connectivity index is 1.87. The van der Waals surface area contributed by atoms with E-state index in [1.165, 1.54) is 70.6 Å². The molecule has 0 bridgehead atoms. The average molecular weight is 264 g/mol. The lowest BCUT2D eigenvalue weighted by Crippen LogP contribution is -2.27. The summed E-state index contributed by atoms with van der Waals surface area (Å²) in [5, 5.41) is 0. The third kappa shape index (κ3) is 4.50. The Morgan fingerprint density at radius 2 is 1.16 bits per heavy atom. The lowest BCUT2D eigenvalue weighted by Gasteiger charge is -2.37. The number of hydrogen-bond acceptors (Lipinski definition) is 0. The van der Waals surface area contributed by atoms with E-state index in [9.17, 15) is 0 Å². The summed E-state index contributed by atoms with van der Waals surface area (Å²) >= 11 is 0. The minimum atomic E-state index is 0.897. The van der Waals surface area contributed by atoms with Gasteiger partial charge in [0.05, 0.1) is 0 Å². The maximum Gasteiger partial charge on any atom is -0.0360 e. The van der Waals surface area contributed by atoms with Crippen molar-refractivity contribution < 1.29 is 0 Å². The summed E-state index contributed by atoms with van der Waals surface area (Å²) in [6, 6.07) is 0. The number of hydrogen-bond donors (Lipinski definition) is 0. The fraction of sp³-hybridized carbons (Fsp3) is 1.00. The predicted molar refractivity (Wildman–Crippen MR) is 85.3 cm³/mol. The highest BCUT2D eigenvalue weighted by Gasteiger charge is 2.30. The molecule has 0 amide bonds. The Morgan fingerprint density at radius 1 is 0.684 bits per heavy atom. The van der Waals surface area contributed by atoms with E-state index in [2.05, 4.69) is 20.8 Å². The molecule has 0 spiro atoms. The Bertz CT molecular complexity index is 230. The molecule has 2 fully saturated rings. The van der Waals surface area contributed by atoms with E-state index in [-0.39, 0.29) is 0 Å². The summed E-state index contributed by atoms with van der Waals surface area (Å²) in [4.78, 5) is 0. The minimum Gasteiger partial charge on any atom is -0.0625 e. The van der Waals surface area contributed by atoms with Gasteiger partial charge in [-0.15, -0.1) is 0 Å². The van der Waals surface area contributed by atoms with Crippen molar-refractivity contribution in [3.8, 4) is 0 Å². The molecule has 0 nitrogen and oxygen atoms in total. The predicted octanol–water partition coefficient (Wildman–Crippen LogP) is 6.45.